The van der Waals surface area contributed by atoms with Crippen LogP contribution in [0.1, 0.15) is 27.7 Å². The first-order chi connectivity index (χ1) is 11.4. The highest BCUT2D eigenvalue weighted by Gasteiger charge is 2.51. The van der Waals surface area contributed by atoms with Gasteiger partial charge in [0.1, 0.15) is 5.82 Å². The lowest BCUT2D eigenvalue weighted by molar-refractivity contribution is 0.00578. The molecule has 0 radical (unpaired) electrons. The van der Waals surface area contributed by atoms with E-state index in [9.17, 15) is 0 Å². The van der Waals surface area contributed by atoms with E-state index in [4.69, 9.17) is 9.31 Å². The summed E-state index contributed by atoms with van der Waals surface area (Å²) < 4.78 is 12.3. The van der Waals surface area contributed by atoms with Gasteiger partial charge >= 0.3 is 7.12 Å². The van der Waals surface area contributed by atoms with Gasteiger partial charge in [0, 0.05) is 18.0 Å². The summed E-state index contributed by atoms with van der Waals surface area (Å²) in [5.41, 5.74) is 3.20. The average Bonchev–Trinajstić information content (AvgIpc) is 3.06. The van der Waals surface area contributed by atoms with Gasteiger partial charge in [-0.25, -0.2) is 4.98 Å². The minimum absolute atomic E-state index is 0.344. The van der Waals surface area contributed by atoms with Crippen molar-refractivity contribution in [3.8, 4) is 11.4 Å². The Kier molecular flexibility index (Phi) is 3.30. The molecule has 1 fully saturated rings. The van der Waals surface area contributed by atoms with Gasteiger partial charge in [0.15, 0.2) is 0 Å². The molecule has 0 atom stereocenters. The third-order valence-corrected chi connectivity index (χ3v) is 4.99. The summed E-state index contributed by atoms with van der Waals surface area (Å²) in [4.78, 5) is 12.1. The lowest BCUT2D eigenvalue weighted by atomic mass is 9.79. The Morgan fingerprint density at radius 1 is 0.958 bits per heavy atom. The quantitative estimate of drug-likeness (QED) is 0.737. The molecule has 5 nitrogen and oxygen atoms in total. The predicted octanol–water partition coefficient (Wildman–Crippen LogP) is 2.92. The number of rotatable bonds is 2. The van der Waals surface area contributed by atoms with Gasteiger partial charge in [-0.1, -0.05) is 6.07 Å². The molecule has 1 aliphatic heterocycles. The van der Waals surface area contributed by atoms with Crippen molar-refractivity contribution in [1.82, 2.24) is 15.0 Å². The summed E-state index contributed by atoms with van der Waals surface area (Å²) in [5.74, 6) is 0.832. The number of imidazole rings is 1. The first-order valence-electron chi connectivity index (χ1n) is 8.11. The molecule has 0 amide bonds. The fraction of sp³-hybridized carbons (Fsp3) is 0.333. The van der Waals surface area contributed by atoms with E-state index in [0.717, 1.165) is 27.9 Å². The van der Waals surface area contributed by atoms with Crippen molar-refractivity contribution in [3.05, 3.63) is 42.7 Å². The lowest BCUT2D eigenvalue weighted by Gasteiger charge is -2.32. The third-order valence-electron chi connectivity index (χ3n) is 4.99. The van der Waals surface area contributed by atoms with Gasteiger partial charge in [-0.05, 0) is 57.4 Å². The van der Waals surface area contributed by atoms with Crippen LogP contribution in [0.25, 0.3) is 22.4 Å². The number of nitrogens with zero attached hydrogens (tertiary/aromatic N) is 2. The van der Waals surface area contributed by atoms with E-state index in [2.05, 4.69) is 48.7 Å². The van der Waals surface area contributed by atoms with Gasteiger partial charge in [-0.2, -0.15) is 0 Å². The normalized spacial score (nSPS) is 19.1. The molecule has 1 N–H and O–H groups in total. The summed E-state index contributed by atoms with van der Waals surface area (Å²) in [7, 11) is -0.368. The van der Waals surface area contributed by atoms with E-state index in [1.165, 1.54) is 0 Å². The Labute approximate surface area is 141 Å². The van der Waals surface area contributed by atoms with Gasteiger partial charge in [-0.15, -0.1) is 0 Å². The number of nitrogens with one attached hydrogen (secondary N) is 1. The molecule has 4 rings (SSSR count). The molecule has 1 aromatic carbocycles. The number of pyridine rings is 1. The van der Waals surface area contributed by atoms with E-state index in [-0.39, 0.29) is 18.3 Å². The van der Waals surface area contributed by atoms with Crippen molar-refractivity contribution in [3.63, 3.8) is 0 Å². The Morgan fingerprint density at radius 3 is 2.29 bits per heavy atom. The molecule has 0 unspecified atom stereocenters. The largest absolute Gasteiger partial charge is 0.494 e. The van der Waals surface area contributed by atoms with E-state index in [0.29, 0.717) is 0 Å². The maximum absolute atomic E-state index is 6.13. The van der Waals surface area contributed by atoms with Crippen LogP contribution in [0.3, 0.4) is 0 Å². The number of H-pyrrole nitrogens is 1. The van der Waals surface area contributed by atoms with Crippen LogP contribution in [0.5, 0.6) is 0 Å². The summed E-state index contributed by atoms with van der Waals surface area (Å²) >= 11 is 0. The molecule has 122 valence electrons. The lowest BCUT2D eigenvalue weighted by Crippen LogP contribution is -2.41. The van der Waals surface area contributed by atoms with Crippen LogP contribution in [0.15, 0.2) is 42.7 Å². The van der Waals surface area contributed by atoms with Crippen LogP contribution in [0.2, 0.25) is 0 Å². The zero-order valence-electron chi connectivity index (χ0n) is 14.3. The number of aromatic nitrogens is 3. The zero-order chi connectivity index (χ0) is 16.9. The fourth-order valence-corrected chi connectivity index (χ4v) is 2.80. The minimum atomic E-state index is -0.368. The molecule has 3 heterocycles. The highest BCUT2D eigenvalue weighted by atomic mass is 16.7. The smallest absolute Gasteiger partial charge is 0.399 e. The first kappa shape index (κ1) is 15.4. The molecular weight excluding hydrogens is 301 g/mol. The van der Waals surface area contributed by atoms with Crippen LogP contribution in [0, 0.1) is 0 Å². The number of hydrogen-bond donors (Lipinski definition) is 1. The maximum atomic E-state index is 6.13. The molecule has 6 heteroatoms. The van der Waals surface area contributed by atoms with Crippen molar-refractivity contribution >= 4 is 23.6 Å². The molecule has 0 spiro atoms. The fourth-order valence-electron chi connectivity index (χ4n) is 2.80. The molecule has 1 aliphatic rings. The van der Waals surface area contributed by atoms with E-state index < -0.39 is 0 Å². The Morgan fingerprint density at radius 2 is 1.62 bits per heavy atom. The van der Waals surface area contributed by atoms with Crippen LogP contribution in [-0.4, -0.2) is 33.3 Å². The van der Waals surface area contributed by atoms with E-state index in [1.807, 2.05) is 24.3 Å². The average molecular weight is 321 g/mol. The monoisotopic (exact) mass is 321 g/mol. The summed E-state index contributed by atoms with van der Waals surface area (Å²) in [6.45, 7) is 8.24. The molecule has 0 saturated carbocycles. The van der Waals surface area contributed by atoms with Crippen molar-refractivity contribution in [1.29, 1.82) is 0 Å². The second-order valence-corrected chi connectivity index (χ2v) is 7.19. The Hall–Kier alpha value is -2.18. The van der Waals surface area contributed by atoms with Crippen LogP contribution in [-0.2, 0) is 9.31 Å². The molecule has 24 heavy (non-hydrogen) atoms. The van der Waals surface area contributed by atoms with Gasteiger partial charge in [0.05, 0.1) is 22.2 Å². The second kappa shape index (κ2) is 5.16. The van der Waals surface area contributed by atoms with Crippen molar-refractivity contribution < 1.29 is 9.31 Å². The van der Waals surface area contributed by atoms with E-state index >= 15 is 0 Å². The summed E-state index contributed by atoms with van der Waals surface area (Å²) in [6.07, 6.45) is 3.52. The molecule has 0 bridgehead atoms. The molecule has 1 saturated heterocycles. The summed E-state index contributed by atoms with van der Waals surface area (Å²) in [6, 6.07) is 9.94. The molecule has 2 aromatic heterocycles. The van der Waals surface area contributed by atoms with E-state index in [1.54, 1.807) is 12.4 Å². The first-order valence-corrected chi connectivity index (χ1v) is 8.11. The number of benzene rings is 1. The van der Waals surface area contributed by atoms with Gasteiger partial charge in [-0.3, -0.25) is 4.98 Å². The van der Waals surface area contributed by atoms with Crippen molar-refractivity contribution in [2.45, 2.75) is 38.9 Å². The second-order valence-electron chi connectivity index (χ2n) is 7.19. The molecule has 3 aromatic rings. The van der Waals surface area contributed by atoms with Crippen LogP contribution >= 0.6 is 0 Å². The van der Waals surface area contributed by atoms with Gasteiger partial charge in [0.2, 0.25) is 0 Å². The number of hydrogen-bond acceptors (Lipinski definition) is 4. The SMILES string of the molecule is CC1(C)OB(c2ccc3nc(-c4ccncc4)[nH]c3c2)OC1(C)C. The standard InChI is InChI=1S/C18H20BN3O2/c1-17(2)18(3,4)24-19(23-17)13-5-6-14-15(11-13)22-16(21-14)12-7-9-20-10-8-12/h5-11H,1-4H3,(H,21,22). The van der Waals surface area contributed by atoms with Crippen molar-refractivity contribution in [2.75, 3.05) is 0 Å². The number of aromatic amines is 1. The van der Waals surface area contributed by atoms with Crippen LogP contribution in [0.4, 0.5) is 0 Å². The topological polar surface area (TPSA) is 60.0 Å². The Balaban J connectivity index is 1.70. The maximum Gasteiger partial charge on any atom is 0.494 e. The third kappa shape index (κ3) is 2.42. The van der Waals surface area contributed by atoms with Gasteiger partial charge < -0.3 is 14.3 Å². The van der Waals surface area contributed by atoms with Crippen molar-refractivity contribution in [2.24, 2.45) is 0 Å². The summed E-state index contributed by atoms with van der Waals surface area (Å²) in [5, 5.41) is 0. The minimum Gasteiger partial charge on any atom is -0.399 e. The Bertz CT molecular complexity index is 874. The zero-order valence-corrected chi connectivity index (χ0v) is 14.3. The highest BCUT2D eigenvalue weighted by molar-refractivity contribution is 6.62. The molecule has 0 aliphatic carbocycles. The van der Waals surface area contributed by atoms with Gasteiger partial charge in [0.25, 0.3) is 0 Å². The number of fused-ring (bicyclic) bond motifs is 1. The predicted molar refractivity (Wildman–Crippen MR) is 95.0 cm³/mol. The van der Waals surface area contributed by atoms with Crippen LogP contribution < -0.4 is 5.46 Å². The molecular formula is C18H20BN3O2. The highest BCUT2D eigenvalue weighted by Crippen LogP contribution is 2.36.